The van der Waals surface area contributed by atoms with Crippen LogP contribution in [0.4, 0.5) is 10.1 Å². The summed E-state index contributed by atoms with van der Waals surface area (Å²) in [6.45, 7) is 0.275. The average molecular weight is 387 g/mol. The van der Waals surface area contributed by atoms with E-state index in [2.05, 4.69) is 10.3 Å². The molecule has 1 amide bonds. The molecule has 3 aromatic rings. The number of pyridine rings is 1. The van der Waals surface area contributed by atoms with Crippen molar-refractivity contribution in [2.75, 3.05) is 12.4 Å². The van der Waals surface area contributed by atoms with Gasteiger partial charge in [0, 0.05) is 17.4 Å². The van der Waals surface area contributed by atoms with Crippen LogP contribution >= 0.6 is 11.6 Å². The number of carbonyl (C=O) groups excluding carboxylic acids is 1. The Balaban J connectivity index is 1.66. The van der Waals surface area contributed by atoms with E-state index in [9.17, 15) is 9.18 Å². The van der Waals surface area contributed by atoms with Crippen LogP contribution in [-0.4, -0.2) is 18.0 Å². The van der Waals surface area contributed by atoms with Gasteiger partial charge in [-0.05, 0) is 48.5 Å². The molecule has 0 spiro atoms. The van der Waals surface area contributed by atoms with Crippen LogP contribution in [-0.2, 0) is 6.61 Å². The van der Waals surface area contributed by atoms with E-state index in [-0.39, 0.29) is 17.9 Å². The van der Waals surface area contributed by atoms with Crippen molar-refractivity contribution < 1.29 is 18.7 Å². The lowest BCUT2D eigenvalue weighted by Gasteiger charge is -2.11. The van der Waals surface area contributed by atoms with E-state index in [1.165, 1.54) is 19.2 Å². The lowest BCUT2D eigenvalue weighted by atomic mass is 10.2. The van der Waals surface area contributed by atoms with Gasteiger partial charge in [-0.25, -0.2) is 4.39 Å². The SMILES string of the molecule is COc1ccc(C(=O)Nc2ccc(OCc3ccccn3)c(Cl)c2)cc1F. The van der Waals surface area contributed by atoms with E-state index in [4.69, 9.17) is 21.1 Å². The number of methoxy groups -OCH3 is 1. The highest BCUT2D eigenvalue weighted by molar-refractivity contribution is 6.32. The Morgan fingerprint density at radius 1 is 1.15 bits per heavy atom. The first-order valence-electron chi connectivity index (χ1n) is 8.04. The van der Waals surface area contributed by atoms with E-state index >= 15 is 0 Å². The Labute approximate surface area is 160 Å². The summed E-state index contributed by atoms with van der Waals surface area (Å²) in [5.74, 6) is -0.531. The van der Waals surface area contributed by atoms with Gasteiger partial charge >= 0.3 is 0 Å². The summed E-state index contributed by atoms with van der Waals surface area (Å²) in [6, 6.07) is 14.4. The van der Waals surface area contributed by atoms with Crippen molar-refractivity contribution in [2.24, 2.45) is 0 Å². The summed E-state index contributed by atoms with van der Waals surface area (Å²) in [5, 5.41) is 3.00. The number of nitrogens with one attached hydrogen (secondary N) is 1. The third kappa shape index (κ3) is 4.74. The number of rotatable bonds is 6. The number of hydrogen-bond donors (Lipinski definition) is 1. The van der Waals surface area contributed by atoms with Crippen LogP contribution in [0.15, 0.2) is 60.8 Å². The lowest BCUT2D eigenvalue weighted by molar-refractivity contribution is 0.102. The number of halogens is 2. The van der Waals surface area contributed by atoms with Gasteiger partial charge in [0.25, 0.3) is 5.91 Å². The summed E-state index contributed by atoms with van der Waals surface area (Å²) >= 11 is 6.22. The van der Waals surface area contributed by atoms with E-state index in [1.807, 2.05) is 18.2 Å². The number of ether oxygens (including phenoxy) is 2. The first-order chi connectivity index (χ1) is 13.1. The lowest BCUT2D eigenvalue weighted by Crippen LogP contribution is -2.12. The van der Waals surface area contributed by atoms with Gasteiger partial charge < -0.3 is 14.8 Å². The fraction of sp³-hybridized carbons (Fsp3) is 0.100. The zero-order valence-electron chi connectivity index (χ0n) is 14.4. The van der Waals surface area contributed by atoms with Gasteiger partial charge in [0.15, 0.2) is 11.6 Å². The Bertz CT molecular complexity index is 951. The van der Waals surface area contributed by atoms with Gasteiger partial charge in [0.2, 0.25) is 0 Å². The van der Waals surface area contributed by atoms with Gasteiger partial charge in [-0.1, -0.05) is 17.7 Å². The standard InChI is InChI=1S/C20H16ClFN2O3/c1-26-19-7-5-13(10-17(19)22)20(25)24-14-6-8-18(16(21)11-14)27-12-15-4-2-3-9-23-15/h2-11H,12H2,1H3,(H,24,25). The smallest absolute Gasteiger partial charge is 0.255 e. The minimum atomic E-state index is -0.610. The van der Waals surface area contributed by atoms with Crippen LogP contribution in [0, 0.1) is 5.82 Å². The van der Waals surface area contributed by atoms with Crippen LogP contribution in [0.5, 0.6) is 11.5 Å². The molecule has 7 heteroatoms. The summed E-state index contributed by atoms with van der Waals surface area (Å²) in [6.07, 6.45) is 1.68. The van der Waals surface area contributed by atoms with Crippen LogP contribution in [0.25, 0.3) is 0 Å². The highest BCUT2D eigenvalue weighted by atomic mass is 35.5. The first-order valence-corrected chi connectivity index (χ1v) is 8.42. The fourth-order valence-corrected chi connectivity index (χ4v) is 2.58. The zero-order valence-corrected chi connectivity index (χ0v) is 15.2. The summed E-state index contributed by atoms with van der Waals surface area (Å²) in [5.41, 5.74) is 1.40. The first kappa shape index (κ1) is 18.7. The maximum Gasteiger partial charge on any atom is 0.255 e. The van der Waals surface area contributed by atoms with Crippen LogP contribution in [0.3, 0.4) is 0 Å². The highest BCUT2D eigenvalue weighted by Crippen LogP contribution is 2.28. The quantitative estimate of drug-likeness (QED) is 0.666. The molecule has 0 bridgehead atoms. The Morgan fingerprint density at radius 3 is 2.63 bits per heavy atom. The van der Waals surface area contributed by atoms with Crippen molar-refractivity contribution in [3.8, 4) is 11.5 Å². The largest absolute Gasteiger partial charge is 0.494 e. The molecule has 0 aliphatic rings. The molecule has 0 radical (unpaired) electrons. The number of aromatic nitrogens is 1. The van der Waals surface area contributed by atoms with E-state index in [0.29, 0.717) is 16.5 Å². The second-order valence-corrected chi connectivity index (χ2v) is 5.97. The number of nitrogens with zero attached hydrogens (tertiary/aromatic N) is 1. The van der Waals surface area contributed by atoms with Gasteiger partial charge in [0.1, 0.15) is 12.4 Å². The topological polar surface area (TPSA) is 60.5 Å². The van der Waals surface area contributed by atoms with Crippen LogP contribution < -0.4 is 14.8 Å². The van der Waals surface area contributed by atoms with Gasteiger partial charge in [-0.2, -0.15) is 0 Å². The Morgan fingerprint density at radius 2 is 1.96 bits per heavy atom. The molecule has 0 saturated heterocycles. The molecular weight excluding hydrogens is 371 g/mol. The second-order valence-electron chi connectivity index (χ2n) is 5.56. The van der Waals surface area contributed by atoms with E-state index in [0.717, 1.165) is 11.8 Å². The number of hydrogen-bond acceptors (Lipinski definition) is 4. The number of carbonyl (C=O) groups is 1. The maximum atomic E-state index is 13.7. The van der Waals surface area contributed by atoms with Crippen molar-refractivity contribution in [3.05, 3.63) is 82.9 Å². The molecule has 0 atom stereocenters. The maximum absolute atomic E-state index is 13.7. The molecule has 3 rings (SSSR count). The molecule has 2 aromatic carbocycles. The third-order valence-corrected chi connectivity index (χ3v) is 4.00. The summed E-state index contributed by atoms with van der Waals surface area (Å²) < 4.78 is 24.2. The van der Waals surface area contributed by atoms with Crippen molar-refractivity contribution in [1.29, 1.82) is 0 Å². The molecule has 0 aliphatic carbocycles. The molecule has 27 heavy (non-hydrogen) atoms. The molecule has 0 aliphatic heterocycles. The number of anilines is 1. The molecule has 1 N–H and O–H groups in total. The third-order valence-electron chi connectivity index (χ3n) is 3.71. The normalized spacial score (nSPS) is 10.3. The molecule has 138 valence electrons. The Hall–Kier alpha value is -3.12. The fourth-order valence-electron chi connectivity index (χ4n) is 2.34. The molecule has 0 saturated carbocycles. The molecular formula is C20H16ClFN2O3. The monoisotopic (exact) mass is 386 g/mol. The molecule has 1 heterocycles. The second kappa shape index (κ2) is 8.51. The highest BCUT2D eigenvalue weighted by Gasteiger charge is 2.12. The molecule has 1 aromatic heterocycles. The van der Waals surface area contributed by atoms with Crippen molar-refractivity contribution in [3.63, 3.8) is 0 Å². The Kier molecular flexibility index (Phi) is 5.88. The van der Waals surface area contributed by atoms with Gasteiger partial charge in [0.05, 0.1) is 17.8 Å². The van der Waals surface area contributed by atoms with Gasteiger partial charge in [-0.3, -0.25) is 9.78 Å². The summed E-state index contributed by atoms with van der Waals surface area (Å²) in [4.78, 5) is 16.4. The van der Waals surface area contributed by atoms with Crippen molar-refractivity contribution in [2.45, 2.75) is 6.61 Å². The van der Waals surface area contributed by atoms with E-state index < -0.39 is 11.7 Å². The average Bonchev–Trinajstić information content (AvgIpc) is 2.68. The zero-order chi connectivity index (χ0) is 19.2. The van der Waals surface area contributed by atoms with Crippen LogP contribution in [0.1, 0.15) is 16.1 Å². The molecule has 0 fully saturated rings. The van der Waals surface area contributed by atoms with Gasteiger partial charge in [-0.15, -0.1) is 0 Å². The predicted molar refractivity (Wildman–Crippen MR) is 101 cm³/mol. The molecule has 5 nitrogen and oxygen atoms in total. The van der Waals surface area contributed by atoms with E-state index in [1.54, 1.807) is 24.4 Å². The minimum Gasteiger partial charge on any atom is -0.494 e. The van der Waals surface area contributed by atoms with Crippen molar-refractivity contribution >= 4 is 23.2 Å². The summed E-state index contributed by atoms with van der Waals surface area (Å²) in [7, 11) is 1.36. The molecule has 0 unspecified atom stereocenters. The predicted octanol–water partition coefficient (Wildman–Crippen LogP) is 4.71. The van der Waals surface area contributed by atoms with Crippen molar-refractivity contribution in [1.82, 2.24) is 4.98 Å². The minimum absolute atomic E-state index is 0.0731. The number of amides is 1. The number of benzene rings is 2. The van der Waals surface area contributed by atoms with Crippen LogP contribution in [0.2, 0.25) is 5.02 Å².